The van der Waals surface area contributed by atoms with E-state index in [0.29, 0.717) is 29.6 Å². The van der Waals surface area contributed by atoms with Gasteiger partial charge in [0.05, 0.1) is 17.5 Å². The van der Waals surface area contributed by atoms with Gasteiger partial charge in [-0.3, -0.25) is 13.6 Å². The topological polar surface area (TPSA) is 140 Å². The fraction of sp³-hybridized carbons (Fsp3) is 0.167. The van der Waals surface area contributed by atoms with Crippen molar-refractivity contribution in [3.63, 3.8) is 0 Å². The van der Waals surface area contributed by atoms with Crippen molar-refractivity contribution >= 4 is 44.1 Å². The van der Waals surface area contributed by atoms with Gasteiger partial charge in [-0.1, -0.05) is 18.2 Å². The molecule has 3 aromatic heterocycles. The quantitative estimate of drug-likeness (QED) is 0.397. The minimum absolute atomic E-state index is 0.213. The van der Waals surface area contributed by atoms with E-state index in [1.54, 1.807) is 12.3 Å². The van der Waals surface area contributed by atoms with Crippen LogP contribution < -0.4 is 11.1 Å². The van der Waals surface area contributed by atoms with Gasteiger partial charge in [0, 0.05) is 36.1 Å². The molecule has 184 valence electrons. The number of anilines is 2. The van der Waals surface area contributed by atoms with Gasteiger partial charge in [0.1, 0.15) is 11.9 Å². The lowest BCUT2D eigenvalue weighted by molar-refractivity contribution is -0.123. The second kappa shape index (κ2) is 9.21. The maximum atomic E-state index is 12.9. The predicted octanol–water partition coefficient (Wildman–Crippen LogP) is 2.92. The van der Waals surface area contributed by atoms with Gasteiger partial charge in [-0.2, -0.15) is 0 Å². The van der Waals surface area contributed by atoms with Gasteiger partial charge in [-0.25, -0.2) is 18.4 Å². The molecule has 1 aliphatic rings. The van der Waals surface area contributed by atoms with Crippen molar-refractivity contribution in [3.05, 3.63) is 72.0 Å². The average Bonchev–Trinajstić information content (AvgIpc) is 3.48. The van der Waals surface area contributed by atoms with E-state index in [0.717, 1.165) is 26.9 Å². The molecule has 4 heterocycles. The van der Waals surface area contributed by atoms with E-state index in [2.05, 4.69) is 15.3 Å². The molecule has 36 heavy (non-hydrogen) atoms. The van der Waals surface area contributed by atoms with E-state index < -0.39 is 22.0 Å². The van der Waals surface area contributed by atoms with Crippen molar-refractivity contribution in [1.29, 1.82) is 0 Å². The summed E-state index contributed by atoms with van der Waals surface area (Å²) >= 11 is 1.29. The van der Waals surface area contributed by atoms with Crippen LogP contribution in [0.1, 0.15) is 16.8 Å². The highest BCUT2D eigenvalue weighted by Crippen LogP contribution is 2.30. The van der Waals surface area contributed by atoms with Crippen molar-refractivity contribution < 1.29 is 18.0 Å². The molecule has 5 rings (SSSR count). The molecule has 1 saturated heterocycles. The fourth-order valence-electron chi connectivity index (χ4n) is 3.92. The lowest BCUT2D eigenvalue weighted by Gasteiger charge is -2.39. The van der Waals surface area contributed by atoms with Crippen LogP contribution in [-0.4, -0.2) is 57.9 Å². The largest absolute Gasteiger partial charge is 0.384 e. The first-order valence-electron chi connectivity index (χ1n) is 11.0. The summed E-state index contributed by atoms with van der Waals surface area (Å²) in [6, 6.07) is 12.3. The number of nitrogen functional groups attached to an aromatic ring is 1. The number of nitrogens with one attached hydrogen (secondary N) is 1. The molecule has 4 aromatic rings. The van der Waals surface area contributed by atoms with Gasteiger partial charge in [-0.15, -0.1) is 11.3 Å². The van der Waals surface area contributed by atoms with Crippen LogP contribution in [0, 0.1) is 0 Å². The number of rotatable bonds is 6. The van der Waals surface area contributed by atoms with Gasteiger partial charge in [0.15, 0.2) is 5.13 Å². The minimum Gasteiger partial charge on any atom is -0.384 e. The zero-order valence-corrected chi connectivity index (χ0v) is 20.8. The van der Waals surface area contributed by atoms with Crippen molar-refractivity contribution in [2.75, 3.05) is 23.9 Å². The molecule has 10 nitrogen and oxygen atoms in total. The van der Waals surface area contributed by atoms with Crippen LogP contribution in [0.25, 0.3) is 22.4 Å². The van der Waals surface area contributed by atoms with E-state index in [1.165, 1.54) is 34.7 Å². The Bertz CT molecular complexity index is 1580. The highest BCUT2D eigenvalue weighted by Gasteiger charge is 2.38. The molecule has 0 unspecified atom stereocenters. The maximum Gasteiger partial charge on any atom is 0.256 e. The molecule has 1 aliphatic heterocycles. The lowest BCUT2D eigenvalue weighted by Crippen LogP contribution is -2.56. The molecule has 2 amide bonds. The number of pyridine rings is 1. The normalized spacial score (nSPS) is 15.4. The van der Waals surface area contributed by atoms with E-state index in [-0.39, 0.29) is 11.5 Å². The second-order valence-electron chi connectivity index (χ2n) is 8.37. The van der Waals surface area contributed by atoms with Gasteiger partial charge in [0.2, 0.25) is 15.9 Å². The number of carbonyl (C=O) groups is 2. The van der Waals surface area contributed by atoms with Crippen LogP contribution in [0.4, 0.5) is 10.9 Å². The number of benzene rings is 1. The molecular weight excluding hydrogens is 500 g/mol. The van der Waals surface area contributed by atoms with Crippen molar-refractivity contribution in [1.82, 2.24) is 18.8 Å². The number of carbonyl (C=O) groups excluding carboxylic acids is 2. The number of nitrogens with zero attached hydrogens (tertiary/aromatic N) is 4. The summed E-state index contributed by atoms with van der Waals surface area (Å²) < 4.78 is 24.3. The fourth-order valence-corrected chi connectivity index (χ4v) is 5.23. The zero-order chi connectivity index (χ0) is 25.4. The summed E-state index contributed by atoms with van der Waals surface area (Å²) in [6.07, 6.45) is 5.79. The monoisotopic (exact) mass is 522 g/mol. The van der Waals surface area contributed by atoms with E-state index in [1.807, 2.05) is 35.7 Å². The lowest BCUT2D eigenvalue weighted by atomic mass is 10.0. The highest BCUT2D eigenvalue weighted by molar-refractivity contribution is 7.89. The molecule has 3 N–H and O–H groups in total. The Labute approximate surface area is 211 Å². The number of nitrogens with two attached hydrogens (primary N) is 1. The van der Waals surface area contributed by atoms with Crippen molar-refractivity contribution in [2.24, 2.45) is 0 Å². The summed E-state index contributed by atoms with van der Waals surface area (Å²) in [6.45, 7) is 0.413. The molecule has 12 heteroatoms. The Kier molecular flexibility index (Phi) is 6.06. The van der Waals surface area contributed by atoms with E-state index in [4.69, 9.17) is 5.73 Å². The smallest absolute Gasteiger partial charge is 0.256 e. The molecule has 1 aromatic carbocycles. The van der Waals surface area contributed by atoms with E-state index in [9.17, 15) is 18.0 Å². The SMILES string of the molecule is CS(=O)(=O)n1ccc(C(=O)N2CC[C@H]2C(=O)Nc2nc(-c3cccc(-c4ccnc(N)c4)c3)cs2)c1. The van der Waals surface area contributed by atoms with Gasteiger partial charge < -0.3 is 16.0 Å². The Morgan fingerprint density at radius 3 is 2.61 bits per heavy atom. The Hall–Kier alpha value is -4.03. The van der Waals surface area contributed by atoms with Gasteiger partial charge in [0.25, 0.3) is 5.91 Å². The molecule has 0 saturated carbocycles. The third-order valence-corrected chi connectivity index (χ3v) is 7.64. The number of aromatic nitrogens is 3. The first-order valence-corrected chi connectivity index (χ1v) is 13.7. The van der Waals surface area contributed by atoms with Crippen LogP contribution in [0.3, 0.4) is 0 Å². The second-order valence-corrected chi connectivity index (χ2v) is 11.1. The maximum absolute atomic E-state index is 12.9. The number of amides is 2. The van der Waals surface area contributed by atoms with Crippen LogP contribution in [0.15, 0.2) is 66.4 Å². The van der Waals surface area contributed by atoms with Crippen molar-refractivity contribution in [3.8, 4) is 22.4 Å². The van der Waals surface area contributed by atoms with Gasteiger partial charge in [-0.05, 0) is 41.8 Å². The summed E-state index contributed by atoms with van der Waals surface area (Å²) in [4.78, 5) is 35.7. The predicted molar refractivity (Wildman–Crippen MR) is 138 cm³/mol. The average molecular weight is 523 g/mol. The van der Waals surface area contributed by atoms with E-state index >= 15 is 0 Å². The summed E-state index contributed by atoms with van der Waals surface area (Å²) in [5, 5.41) is 5.08. The Morgan fingerprint density at radius 1 is 1.14 bits per heavy atom. The first-order chi connectivity index (χ1) is 17.2. The highest BCUT2D eigenvalue weighted by atomic mass is 32.2. The summed E-state index contributed by atoms with van der Waals surface area (Å²) in [7, 11) is -3.49. The molecule has 0 spiro atoms. The summed E-state index contributed by atoms with van der Waals surface area (Å²) in [5.41, 5.74) is 9.52. The number of thiazole rings is 1. The molecular formula is C24H22N6O4S2. The Morgan fingerprint density at radius 2 is 1.92 bits per heavy atom. The zero-order valence-electron chi connectivity index (χ0n) is 19.2. The molecule has 1 atom stereocenters. The van der Waals surface area contributed by atoms with Crippen LogP contribution in [0.5, 0.6) is 0 Å². The molecule has 0 aliphatic carbocycles. The number of hydrogen-bond donors (Lipinski definition) is 2. The summed E-state index contributed by atoms with van der Waals surface area (Å²) in [5.74, 6) is -0.288. The van der Waals surface area contributed by atoms with Gasteiger partial charge >= 0.3 is 0 Å². The number of likely N-dealkylation sites (tertiary alicyclic amines) is 1. The molecule has 0 radical (unpaired) electrons. The third-order valence-electron chi connectivity index (χ3n) is 5.89. The number of hydrogen-bond acceptors (Lipinski definition) is 8. The van der Waals surface area contributed by atoms with Crippen molar-refractivity contribution in [2.45, 2.75) is 12.5 Å². The van der Waals surface area contributed by atoms with Crippen LogP contribution >= 0.6 is 11.3 Å². The molecule has 0 bridgehead atoms. The van der Waals surface area contributed by atoms with Crippen LogP contribution in [-0.2, 0) is 14.8 Å². The molecule has 1 fully saturated rings. The van der Waals surface area contributed by atoms with Crippen LogP contribution in [0.2, 0.25) is 0 Å². The Balaban J connectivity index is 1.27. The standard InChI is InChI=1S/C24H22N6O4S2/c1-36(33,34)29-9-6-18(13-29)23(32)30-10-7-20(30)22(31)28-24-27-19(14-35-24)17-4-2-3-15(11-17)16-5-8-26-21(25)12-16/h2-6,8-9,11-14,20H,7,10H2,1H3,(H2,25,26)(H,27,28,31)/t20-/m0/s1. The first kappa shape index (κ1) is 23.7. The minimum atomic E-state index is -3.49. The third kappa shape index (κ3) is 4.72.